The Bertz CT molecular complexity index is 531. The minimum absolute atomic E-state index is 0.119. The summed E-state index contributed by atoms with van der Waals surface area (Å²) in [7, 11) is 0. The lowest BCUT2D eigenvalue weighted by Gasteiger charge is -2.15. The van der Waals surface area contributed by atoms with Gasteiger partial charge in [-0.3, -0.25) is 0 Å². The summed E-state index contributed by atoms with van der Waals surface area (Å²) in [5, 5.41) is 4.32. The monoisotopic (exact) mass is 259 g/mol. The first-order chi connectivity index (χ1) is 9.13. The maximum atomic E-state index is 6.01. The molecule has 0 amide bonds. The number of hydrogen-bond acceptors (Lipinski definition) is 3. The largest absolute Gasteiger partial charge is 0.494 e. The Morgan fingerprint density at radius 3 is 2.53 bits per heavy atom. The number of nitrogens with zero attached hydrogens (tertiary/aromatic N) is 2. The molecule has 0 saturated heterocycles. The predicted molar refractivity (Wildman–Crippen MR) is 77.4 cm³/mol. The zero-order chi connectivity index (χ0) is 13.8. The lowest BCUT2D eigenvalue weighted by Crippen LogP contribution is -2.11. The molecule has 0 bridgehead atoms. The lowest BCUT2D eigenvalue weighted by molar-refractivity contribution is 0.317. The van der Waals surface area contributed by atoms with Gasteiger partial charge in [0, 0.05) is 5.56 Å². The normalized spacial score (nSPS) is 12.4. The molecule has 1 atom stereocenters. The van der Waals surface area contributed by atoms with Crippen molar-refractivity contribution in [3.05, 3.63) is 41.6 Å². The van der Waals surface area contributed by atoms with Crippen LogP contribution in [-0.2, 0) is 0 Å². The van der Waals surface area contributed by atoms with E-state index >= 15 is 0 Å². The van der Waals surface area contributed by atoms with Crippen molar-refractivity contribution < 1.29 is 4.74 Å². The highest BCUT2D eigenvalue weighted by Crippen LogP contribution is 2.24. The van der Waals surface area contributed by atoms with E-state index in [-0.39, 0.29) is 6.04 Å². The maximum Gasteiger partial charge on any atom is 0.125 e. The number of aryl methyl sites for hydroxylation is 1. The molecule has 0 aliphatic carbocycles. The second kappa shape index (κ2) is 5.78. The van der Waals surface area contributed by atoms with E-state index in [1.165, 1.54) is 5.56 Å². The number of anilines is 1. The fraction of sp³-hybridized carbons (Fsp3) is 0.400. The number of ether oxygens (including phenoxy) is 1. The SMILES string of the molecule is CCCOc1ccc(C(C)n2ncc(C)c2N)cc1. The Morgan fingerprint density at radius 1 is 1.32 bits per heavy atom. The second-order valence-electron chi connectivity index (χ2n) is 4.75. The number of nitrogens with two attached hydrogens (primary N) is 1. The second-order valence-corrected chi connectivity index (χ2v) is 4.75. The molecule has 2 rings (SSSR count). The molecule has 19 heavy (non-hydrogen) atoms. The number of hydrogen-bond donors (Lipinski definition) is 1. The Labute approximate surface area is 114 Å². The molecule has 4 heteroatoms. The Balaban J connectivity index is 2.15. The number of aromatic nitrogens is 2. The van der Waals surface area contributed by atoms with Crippen LogP contribution in [0.25, 0.3) is 0 Å². The Kier molecular flexibility index (Phi) is 4.10. The van der Waals surface area contributed by atoms with Gasteiger partial charge in [-0.15, -0.1) is 0 Å². The average Bonchev–Trinajstić information content (AvgIpc) is 2.76. The summed E-state index contributed by atoms with van der Waals surface area (Å²) in [5.74, 6) is 1.63. The molecular weight excluding hydrogens is 238 g/mol. The molecule has 0 aliphatic heterocycles. The lowest BCUT2D eigenvalue weighted by atomic mass is 10.1. The molecular formula is C15H21N3O. The molecule has 102 valence electrons. The van der Waals surface area contributed by atoms with Gasteiger partial charge in [-0.05, 0) is 38.0 Å². The van der Waals surface area contributed by atoms with Crippen molar-refractivity contribution in [1.29, 1.82) is 0 Å². The molecule has 0 fully saturated rings. The van der Waals surface area contributed by atoms with E-state index in [2.05, 4.69) is 31.1 Å². The molecule has 1 unspecified atom stereocenters. The topological polar surface area (TPSA) is 53.1 Å². The summed E-state index contributed by atoms with van der Waals surface area (Å²) in [6.45, 7) is 6.90. The fourth-order valence-electron chi connectivity index (χ4n) is 1.97. The third-order valence-electron chi connectivity index (χ3n) is 3.23. The third kappa shape index (κ3) is 2.89. The van der Waals surface area contributed by atoms with Crippen LogP contribution < -0.4 is 10.5 Å². The fourth-order valence-corrected chi connectivity index (χ4v) is 1.97. The van der Waals surface area contributed by atoms with E-state index in [4.69, 9.17) is 10.5 Å². The highest BCUT2D eigenvalue weighted by atomic mass is 16.5. The molecule has 1 heterocycles. The molecule has 0 spiro atoms. The summed E-state index contributed by atoms with van der Waals surface area (Å²) >= 11 is 0. The van der Waals surface area contributed by atoms with Crippen molar-refractivity contribution in [2.24, 2.45) is 0 Å². The van der Waals surface area contributed by atoms with Gasteiger partial charge in [0.05, 0.1) is 18.8 Å². The van der Waals surface area contributed by atoms with Gasteiger partial charge in [0.2, 0.25) is 0 Å². The summed E-state index contributed by atoms with van der Waals surface area (Å²) in [6, 6.07) is 8.23. The van der Waals surface area contributed by atoms with E-state index in [1.807, 2.05) is 23.7 Å². The predicted octanol–water partition coefficient (Wildman–Crippen LogP) is 3.17. The van der Waals surface area contributed by atoms with E-state index in [9.17, 15) is 0 Å². The minimum Gasteiger partial charge on any atom is -0.494 e. The number of benzene rings is 1. The van der Waals surface area contributed by atoms with Crippen LogP contribution in [-0.4, -0.2) is 16.4 Å². The quantitative estimate of drug-likeness (QED) is 0.897. The molecule has 1 aromatic carbocycles. The number of rotatable bonds is 5. The molecule has 0 aliphatic rings. The van der Waals surface area contributed by atoms with Crippen LogP contribution in [0, 0.1) is 6.92 Å². The van der Waals surface area contributed by atoms with Crippen molar-refractivity contribution in [1.82, 2.24) is 9.78 Å². The van der Waals surface area contributed by atoms with E-state index in [1.54, 1.807) is 6.20 Å². The zero-order valence-corrected chi connectivity index (χ0v) is 11.8. The van der Waals surface area contributed by atoms with Gasteiger partial charge >= 0.3 is 0 Å². The zero-order valence-electron chi connectivity index (χ0n) is 11.8. The van der Waals surface area contributed by atoms with Crippen molar-refractivity contribution in [2.45, 2.75) is 33.2 Å². The van der Waals surface area contributed by atoms with Crippen molar-refractivity contribution >= 4 is 5.82 Å². The standard InChI is InChI=1S/C15H21N3O/c1-4-9-19-14-7-5-13(6-8-14)12(3)18-15(16)11(2)10-17-18/h5-8,10,12H,4,9,16H2,1-3H3. The average molecular weight is 259 g/mol. The van der Waals surface area contributed by atoms with Crippen LogP contribution in [0.4, 0.5) is 5.82 Å². The van der Waals surface area contributed by atoms with Gasteiger partial charge in [0.25, 0.3) is 0 Å². The van der Waals surface area contributed by atoms with E-state index in [0.29, 0.717) is 0 Å². The summed E-state index contributed by atoms with van der Waals surface area (Å²) in [4.78, 5) is 0. The minimum atomic E-state index is 0.119. The van der Waals surface area contributed by atoms with Crippen LogP contribution >= 0.6 is 0 Å². The van der Waals surface area contributed by atoms with Crippen molar-refractivity contribution in [3.8, 4) is 5.75 Å². The highest BCUT2D eigenvalue weighted by Gasteiger charge is 2.12. The van der Waals surface area contributed by atoms with Crippen LogP contribution in [0.3, 0.4) is 0 Å². The van der Waals surface area contributed by atoms with E-state index in [0.717, 1.165) is 30.2 Å². The molecule has 4 nitrogen and oxygen atoms in total. The number of nitrogen functional groups attached to an aromatic ring is 1. The van der Waals surface area contributed by atoms with Gasteiger partial charge in [-0.25, -0.2) is 4.68 Å². The van der Waals surface area contributed by atoms with Gasteiger partial charge < -0.3 is 10.5 Å². The third-order valence-corrected chi connectivity index (χ3v) is 3.23. The van der Waals surface area contributed by atoms with Gasteiger partial charge in [0.15, 0.2) is 0 Å². The first-order valence-electron chi connectivity index (χ1n) is 6.65. The van der Waals surface area contributed by atoms with E-state index < -0.39 is 0 Å². The van der Waals surface area contributed by atoms with Gasteiger partial charge in [0.1, 0.15) is 11.6 Å². The van der Waals surface area contributed by atoms with Crippen molar-refractivity contribution in [2.75, 3.05) is 12.3 Å². The van der Waals surface area contributed by atoms with Crippen LogP contribution in [0.2, 0.25) is 0 Å². The van der Waals surface area contributed by atoms with Crippen molar-refractivity contribution in [3.63, 3.8) is 0 Å². The Hall–Kier alpha value is -1.97. The maximum absolute atomic E-state index is 6.01. The molecule has 2 aromatic rings. The Morgan fingerprint density at radius 2 is 2.00 bits per heavy atom. The summed E-state index contributed by atoms with van der Waals surface area (Å²) in [6.07, 6.45) is 2.81. The van der Waals surface area contributed by atoms with Gasteiger partial charge in [-0.2, -0.15) is 5.10 Å². The highest BCUT2D eigenvalue weighted by molar-refractivity contribution is 5.39. The molecule has 1 aromatic heterocycles. The molecule has 0 radical (unpaired) electrons. The van der Waals surface area contributed by atoms with Gasteiger partial charge in [-0.1, -0.05) is 19.1 Å². The summed E-state index contributed by atoms with van der Waals surface area (Å²) < 4.78 is 7.42. The summed E-state index contributed by atoms with van der Waals surface area (Å²) in [5.41, 5.74) is 8.19. The van der Waals surface area contributed by atoms with Crippen LogP contribution in [0.15, 0.2) is 30.5 Å². The first kappa shape index (κ1) is 13.5. The first-order valence-corrected chi connectivity index (χ1v) is 6.65. The van der Waals surface area contributed by atoms with Crippen LogP contribution in [0.5, 0.6) is 5.75 Å². The molecule has 0 saturated carbocycles. The smallest absolute Gasteiger partial charge is 0.125 e. The van der Waals surface area contributed by atoms with Crippen LogP contribution in [0.1, 0.15) is 37.4 Å². The molecule has 2 N–H and O–H groups in total.